The second-order valence-electron chi connectivity index (χ2n) is 18.2. The fourth-order valence-electron chi connectivity index (χ4n) is 7.23. The topological polar surface area (TPSA) is 78.9 Å². The lowest BCUT2D eigenvalue weighted by Crippen LogP contribution is -2.30. The van der Waals surface area contributed by atoms with E-state index in [1.807, 2.05) is 0 Å². The molecule has 55 heavy (non-hydrogen) atoms. The van der Waals surface area contributed by atoms with E-state index in [0.717, 1.165) is 75.5 Å². The highest BCUT2D eigenvalue weighted by atomic mass is 16.6. The molecule has 0 saturated heterocycles. The number of carbonyl (C=O) groups is 3. The van der Waals surface area contributed by atoms with Gasteiger partial charge >= 0.3 is 17.9 Å². The minimum Gasteiger partial charge on any atom is -0.462 e. The Hall–Kier alpha value is -1.59. The highest BCUT2D eigenvalue weighted by Crippen LogP contribution is 2.17. The van der Waals surface area contributed by atoms with Gasteiger partial charge in [0.05, 0.1) is 0 Å². The number of hydrogen-bond donors (Lipinski definition) is 0. The van der Waals surface area contributed by atoms with Gasteiger partial charge in [0.1, 0.15) is 13.2 Å². The maximum atomic E-state index is 12.7. The first kappa shape index (κ1) is 53.4. The van der Waals surface area contributed by atoms with E-state index in [0.29, 0.717) is 19.3 Å². The molecule has 0 aliphatic carbocycles. The van der Waals surface area contributed by atoms with Crippen molar-refractivity contribution in [3.8, 4) is 0 Å². The largest absolute Gasteiger partial charge is 0.462 e. The molecule has 0 aromatic rings. The van der Waals surface area contributed by atoms with Crippen LogP contribution in [-0.4, -0.2) is 37.2 Å². The minimum absolute atomic E-state index is 0.0667. The lowest BCUT2D eigenvalue weighted by atomic mass is 10.0. The molecule has 0 aliphatic heterocycles. The van der Waals surface area contributed by atoms with E-state index < -0.39 is 6.10 Å². The number of ether oxygens (including phenoxy) is 3. The third-order valence-electron chi connectivity index (χ3n) is 10.9. The molecule has 1 atom stereocenters. The van der Waals surface area contributed by atoms with Crippen LogP contribution in [0.1, 0.15) is 260 Å². The zero-order valence-corrected chi connectivity index (χ0v) is 37.7. The Morgan fingerprint density at radius 3 is 0.782 bits per heavy atom. The fourth-order valence-corrected chi connectivity index (χ4v) is 7.23. The summed E-state index contributed by atoms with van der Waals surface area (Å²) in [5, 5.41) is 0. The van der Waals surface area contributed by atoms with Crippen molar-refractivity contribution in [1.82, 2.24) is 0 Å². The molecule has 6 heteroatoms. The molecule has 0 radical (unpaired) electrons. The zero-order valence-electron chi connectivity index (χ0n) is 37.7. The van der Waals surface area contributed by atoms with Crippen molar-refractivity contribution in [1.29, 1.82) is 0 Å². The Balaban J connectivity index is 4.22. The Kier molecular flexibility index (Phi) is 39.4. The average Bonchev–Trinajstić information content (AvgIpc) is 3.13. The molecule has 0 rings (SSSR count). The molecule has 0 bridgehead atoms. The highest BCUT2D eigenvalue weighted by molar-refractivity contribution is 5.71. The summed E-state index contributed by atoms with van der Waals surface area (Å²) < 4.78 is 16.7. The van der Waals surface area contributed by atoms with E-state index in [1.54, 1.807) is 0 Å². The van der Waals surface area contributed by atoms with Crippen molar-refractivity contribution in [2.75, 3.05) is 13.2 Å². The van der Waals surface area contributed by atoms with Gasteiger partial charge in [-0.1, -0.05) is 221 Å². The summed E-state index contributed by atoms with van der Waals surface area (Å²) in [5.74, 6) is 1.52. The van der Waals surface area contributed by atoms with E-state index >= 15 is 0 Å². The third-order valence-corrected chi connectivity index (χ3v) is 10.9. The van der Waals surface area contributed by atoms with Gasteiger partial charge in [-0.2, -0.15) is 0 Å². The summed E-state index contributed by atoms with van der Waals surface area (Å²) in [7, 11) is 0. The molecule has 6 nitrogen and oxygen atoms in total. The van der Waals surface area contributed by atoms with Gasteiger partial charge in [-0.3, -0.25) is 14.4 Å². The molecule has 0 saturated carbocycles. The Bertz CT molecular complexity index is 852. The van der Waals surface area contributed by atoms with Crippen LogP contribution in [0.3, 0.4) is 0 Å². The summed E-state index contributed by atoms with van der Waals surface area (Å²) in [6, 6.07) is 0. The molecule has 0 aromatic carbocycles. The third kappa shape index (κ3) is 43.4. The normalized spacial score (nSPS) is 12.2. The molecule has 0 heterocycles. The van der Waals surface area contributed by atoms with Crippen LogP contribution >= 0.6 is 0 Å². The van der Waals surface area contributed by atoms with Gasteiger partial charge in [0.15, 0.2) is 6.10 Å². The van der Waals surface area contributed by atoms with Gasteiger partial charge < -0.3 is 14.2 Å². The molecular weight excluding hydrogens is 685 g/mol. The molecule has 0 N–H and O–H groups in total. The summed E-state index contributed by atoms with van der Waals surface area (Å²) >= 11 is 0. The molecular formula is C49H94O6. The van der Waals surface area contributed by atoms with E-state index in [2.05, 4.69) is 41.5 Å². The van der Waals surface area contributed by atoms with Crippen molar-refractivity contribution in [2.24, 2.45) is 17.8 Å². The van der Waals surface area contributed by atoms with Crippen LogP contribution in [0.25, 0.3) is 0 Å². The van der Waals surface area contributed by atoms with E-state index in [1.165, 1.54) is 141 Å². The van der Waals surface area contributed by atoms with Gasteiger partial charge in [0.2, 0.25) is 0 Å². The Labute approximate surface area is 342 Å². The Morgan fingerprint density at radius 1 is 0.309 bits per heavy atom. The maximum absolute atomic E-state index is 12.7. The van der Waals surface area contributed by atoms with Gasteiger partial charge in [-0.25, -0.2) is 0 Å². The SMILES string of the molecule is CC(C)CCCCCCCCCCCCCCCCCC(=O)OC[C@H](COC(=O)CCCCCCCCCC(C)C)OC(=O)CCCCCCCCC(C)C. The van der Waals surface area contributed by atoms with Crippen LogP contribution < -0.4 is 0 Å². The van der Waals surface area contributed by atoms with E-state index in [4.69, 9.17) is 14.2 Å². The van der Waals surface area contributed by atoms with Crippen molar-refractivity contribution < 1.29 is 28.6 Å². The number of carbonyl (C=O) groups excluding carboxylic acids is 3. The standard InChI is InChI=1S/C49H94O6/c1-43(2)35-29-23-17-14-12-10-8-7-9-11-13-15-19-26-32-38-47(50)53-41-46(55-49(52)40-34-28-22-21-25-31-37-45(5)6)42-54-48(51)39-33-27-20-16-18-24-30-36-44(3)4/h43-46H,7-42H2,1-6H3/t46-/m1/s1. The van der Waals surface area contributed by atoms with E-state index in [9.17, 15) is 14.4 Å². The monoisotopic (exact) mass is 779 g/mol. The van der Waals surface area contributed by atoms with Crippen molar-refractivity contribution in [3.05, 3.63) is 0 Å². The predicted molar refractivity (Wildman–Crippen MR) is 233 cm³/mol. The summed E-state index contributed by atoms with van der Waals surface area (Å²) in [6.45, 7) is 13.6. The molecule has 0 fully saturated rings. The lowest BCUT2D eigenvalue weighted by Gasteiger charge is -2.18. The number of esters is 3. The van der Waals surface area contributed by atoms with Gasteiger partial charge in [-0.05, 0) is 37.0 Å². The maximum Gasteiger partial charge on any atom is 0.306 e. The zero-order chi connectivity index (χ0) is 40.6. The number of hydrogen-bond acceptors (Lipinski definition) is 6. The van der Waals surface area contributed by atoms with Crippen LogP contribution in [-0.2, 0) is 28.6 Å². The second kappa shape index (κ2) is 40.6. The predicted octanol–water partition coefficient (Wildman–Crippen LogP) is 15.2. The molecule has 0 spiro atoms. The van der Waals surface area contributed by atoms with Crippen LogP contribution in [0.4, 0.5) is 0 Å². The van der Waals surface area contributed by atoms with Gasteiger partial charge in [-0.15, -0.1) is 0 Å². The molecule has 0 unspecified atom stereocenters. The van der Waals surface area contributed by atoms with Crippen LogP contribution in [0.5, 0.6) is 0 Å². The van der Waals surface area contributed by atoms with Crippen LogP contribution in [0, 0.1) is 17.8 Å². The molecule has 326 valence electrons. The van der Waals surface area contributed by atoms with Gasteiger partial charge in [0, 0.05) is 19.3 Å². The molecule has 0 aromatic heterocycles. The number of rotatable bonds is 42. The first-order chi connectivity index (χ1) is 26.6. The van der Waals surface area contributed by atoms with Crippen LogP contribution in [0.15, 0.2) is 0 Å². The fraction of sp³-hybridized carbons (Fsp3) is 0.939. The first-order valence-corrected chi connectivity index (χ1v) is 24.1. The van der Waals surface area contributed by atoms with Crippen molar-refractivity contribution in [3.63, 3.8) is 0 Å². The smallest absolute Gasteiger partial charge is 0.306 e. The van der Waals surface area contributed by atoms with Crippen LogP contribution in [0.2, 0.25) is 0 Å². The quantitative estimate of drug-likeness (QED) is 0.0349. The first-order valence-electron chi connectivity index (χ1n) is 24.1. The lowest BCUT2D eigenvalue weighted by molar-refractivity contribution is -0.167. The average molecular weight is 779 g/mol. The summed E-state index contributed by atoms with van der Waals surface area (Å²) in [4.78, 5) is 37.7. The van der Waals surface area contributed by atoms with E-state index in [-0.39, 0.29) is 31.1 Å². The number of unbranched alkanes of at least 4 members (excludes halogenated alkanes) is 25. The molecule has 0 aliphatic rings. The summed E-state index contributed by atoms with van der Waals surface area (Å²) in [5.41, 5.74) is 0. The second-order valence-corrected chi connectivity index (χ2v) is 18.2. The minimum atomic E-state index is -0.762. The Morgan fingerprint density at radius 2 is 0.527 bits per heavy atom. The molecule has 0 amide bonds. The van der Waals surface area contributed by atoms with Crippen molar-refractivity contribution >= 4 is 17.9 Å². The highest BCUT2D eigenvalue weighted by Gasteiger charge is 2.19. The van der Waals surface area contributed by atoms with Crippen molar-refractivity contribution in [2.45, 2.75) is 266 Å². The van der Waals surface area contributed by atoms with Gasteiger partial charge in [0.25, 0.3) is 0 Å². The summed E-state index contributed by atoms with van der Waals surface area (Å²) in [6.07, 6.45) is 38.3.